The molecule has 264 valence electrons. The van der Waals surface area contributed by atoms with E-state index in [1.165, 1.54) is 6.42 Å². The van der Waals surface area contributed by atoms with E-state index in [4.69, 9.17) is 9.47 Å². The Kier molecular flexibility index (Phi) is 11.4. The molecule has 9 atom stereocenters. The minimum Gasteiger partial charge on any atom is -0.462 e. The summed E-state index contributed by atoms with van der Waals surface area (Å²) in [5, 5.41) is 0. The Morgan fingerprint density at radius 3 is 2.32 bits per heavy atom. The number of hydrogen-bond donors (Lipinski definition) is 0. The van der Waals surface area contributed by atoms with Gasteiger partial charge in [-0.2, -0.15) is 0 Å². The summed E-state index contributed by atoms with van der Waals surface area (Å²) in [6.07, 6.45) is 14.6. The van der Waals surface area contributed by atoms with Crippen molar-refractivity contribution >= 4 is 29.3 Å². The fraction of sp³-hybridized carbons (Fsp3) is 0.875. The van der Waals surface area contributed by atoms with E-state index in [2.05, 4.69) is 34.6 Å². The number of esters is 2. The molecule has 0 saturated heterocycles. The van der Waals surface area contributed by atoms with Crippen molar-refractivity contribution in [1.29, 1.82) is 0 Å². The van der Waals surface area contributed by atoms with Gasteiger partial charge in [-0.3, -0.25) is 24.0 Å². The zero-order valence-electron chi connectivity index (χ0n) is 30.0. The quantitative estimate of drug-likeness (QED) is 0.145. The van der Waals surface area contributed by atoms with Crippen LogP contribution in [0.1, 0.15) is 163 Å². The largest absolute Gasteiger partial charge is 0.462 e. The molecule has 47 heavy (non-hydrogen) atoms. The minimum atomic E-state index is -0.561. The van der Waals surface area contributed by atoms with Crippen molar-refractivity contribution < 1.29 is 33.4 Å². The first kappa shape index (κ1) is 36.2. The van der Waals surface area contributed by atoms with E-state index < -0.39 is 11.5 Å². The lowest BCUT2D eigenvalue weighted by atomic mass is 9.44. The maximum atomic E-state index is 14.1. The normalized spacial score (nSPS) is 36.1. The Morgan fingerprint density at radius 2 is 1.62 bits per heavy atom. The summed E-state index contributed by atoms with van der Waals surface area (Å²) in [6, 6.07) is 0. The lowest BCUT2D eigenvalue weighted by Crippen LogP contribution is -2.60. The first-order valence-corrected chi connectivity index (χ1v) is 19.4. The summed E-state index contributed by atoms with van der Waals surface area (Å²) >= 11 is 0. The monoisotopic (exact) mass is 654 g/mol. The van der Waals surface area contributed by atoms with Gasteiger partial charge in [0.1, 0.15) is 29.1 Å². The van der Waals surface area contributed by atoms with Crippen LogP contribution >= 0.6 is 0 Å². The molecule has 0 bridgehead atoms. The van der Waals surface area contributed by atoms with Crippen LogP contribution in [-0.4, -0.2) is 41.0 Å². The molecule has 0 N–H and O–H groups in total. The minimum absolute atomic E-state index is 0.0399. The third-order valence-electron chi connectivity index (χ3n) is 14.3. The van der Waals surface area contributed by atoms with Crippen LogP contribution in [0, 0.1) is 46.3 Å². The topological polar surface area (TPSA) is 104 Å². The third kappa shape index (κ3) is 7.30. The molecule has 7 heteroatoms. The maximum absolute atomic E-state index is 14.1. The summed E-state index contributed by atoms with van der Waals surface area (Å²) in [5.41, 5.74) is -1.05. The maximum Gasteiger partial charge on any atom is 0.310 e. The molecule has 9 unspecified atom stereocenters. The number of unbranched alkanes of at least 4 members (excludes halogenated alkanes) is 2. The number of carbonyl (C=O) groups is 5. The van der Waals surface area contributed by atoms with Gasteiger partial charge in [0.2, 0.25) is 0 Å². The molecule has 0 heterocycles. The summed E-state index contributed by atoms with van der Waals surface area (Å²) in [6.45, 7) is 10.7. The molecule has 0 aromatic rings. The van der Waals surface area contributed by atoms with Crippen molar-refractivity contribution in [2.24, 2.45) is 46.3 Å². The molecule has 0 aliphatic heterocycles. The lowest BCUT2D eigenvalue weighted by molar-refractivity contribution is -0.169. The second-order valence-electron chi connectivity index (χ2n) is 16.8. The second-order valence-corrected chi connectivity index (χ2v) is 16.8. The highest BCUT2D eigenvalue weighted by Crippen LogP contribution is 2.66. The van der Waals surface area contributed by atoms with Crippen LogP contribution in [-0.2, 0) is 33.4 Å². The van der Waals surface area contributed by atoms with Gasteiger partial charge in [0.15, 0.2) is 0 Å². The van der Waals surface area contributed by atoms with Crippen molar-refractivity contribution in [1.82, 2.24) is 0 Å². The Bertz CT molecular complexity index is 1180. The molecule has 0 amide bonds. The zero-order chi connectivity index (χ0) is 34.0. The molecule has 0 radical (unpaired) electrons. The van der Waals surface area contributed by atoms with Gasteiger partial charge in [-0.25, -0.2) is 0 Å². The third-order valence-corrected chi connectivity index (χ3v) is 14.3. The smallest absolute Gasteiger partial charge is 0.310 e. The van der Waals surface area contributed by atoms with Crippen LogP contribution in [0.25, 0.3) is 0 Å². The van der Waals surface area contributed by atoms with Gasteiger partial charge in [0.05, 0.1) is 6.42 Å². The van der Waals surface area contributed by atoms with Crippen molar-refractivity contribution in [2.45, 2.75) is 175 Å². The average Bonchev–Trinajstić information content (AvgIpc) is 3.40. The highest BCUT2D eigenvalue weighted by molar-refractivity contribution is 5.93. The summed E-state index contributed by atoms with van der Waals surface area (Å²) in [4.78, 5) is 66.5. The lowest BCUT2D eigenvalue weighted by Gasteiger charge is -2.58. The van der Waals surface area contributed by atoms with Crippen molar-refractivity contribution in [3.63, 3.8) is 0 Å². The van der Waals surface area contributed by atoms with Gasteiger partial charge in [-0.05, 0) is 106 Å². The number of Topliss-reactive ketones (excluding diaryl/α,β-unsaturated/α-hetero) is 3. The standard InChI is InChI=1S/C40H62O7/c1-6-8-10-13-29(24-36(45)47-40(7-2)19-11-9-12-20-40)46-35(44)17-14-26(3)30-15-16-31-37-32(25-34(43)39(30,31)5)38(4)21-18-28(41)22-27(38)23-33(37)42/h26-27,29-32,37H,6-25H2,1-5H3. The molecule has 0 spiro atoms. The molecule has 0 aromatic heterocycles. The van der Waals surface area contributed by atoms with Crippen LogP contribution in [0.2, 0.25) is 0 Å². The molecule has 5 rings (SSSR count). The van der Waals surface area contributed by atoms with E-state index in [1.807, 2.05) is 0 Å². The fourth-order valence-corrected chi connectivity index (χ4v) is 11.2. The Balaban J connectivity index is 1.19. The predicted molar refractivity (Wildman–Crippen MR) is 180 cm³/mol. The van der Waals surface area contributed by atoms with Gasteiger partial charge >= 0.3 is 11.9 Å². The molecule has 7 nitrogen and oxygen atoms in total. The SMILES string of the molecule is CCCCCC(CC(=O)OC1(CC)CCCCC1)OC(=O)CCC(C)C1CCC2C3C(=O)CC4CC(=O)CCC4(C)C3CC(=O)C12C. The highest BCUT2D eigenvalue weighted by Gasteiger charge is 2.66. The van der Waals surface area contributed by atoms with Crippen LogP contribution in [0.5, 0.6) is 0 Å². The molecule has 5 saturated carbocycles. The first-order valence-electron chi connectivity index (χ1n) is 19.4. The van der Waals surface area contributed by atoms with E-state index in [-0.39, 0.29) is 88.7 Å². The van der Waals surface area contributed by atoms with Crippen LogP contribution < -0.4 is 0 Å². The fourth-order valence-electron chi connectivity index (χ4n) is 11.2. The van der Waals surface area contributed by atoms with E-state index in [0.29, 0.717) is 38.5 Å². The molecule has 5 fully saturated rings. The van der Waals surface area contributed by atoms with Gasteiger partial charge in [0, 0.05) is 43.4 Å². The van der Waals surface area contributed by atoms with Crippen molar-refractivity contribution in [3.05, 3.63) is 0 Å². The van der Waals surface area contributed by atoms with Gasteiger partial charge in [-0.15, -0.1) is 0 Å². The Hall–Kier alpha value is -2.05. The van der Waals surface area contributed by atoms with E-state index >= 15 is 0 Å². The van der Waals surface area contributed by atoms with Crippen molar-refractivity contribution in [3.8, 4) is 0 Å². The highest BCUT2D eigenvalue weighted by atomic mass is 16.6. The van der Waals surface area contributed by atoms with Gasteiger partial charge in [-0.1, -0.05) is 53.9 Å². The second kappa shape index (κ2) is 14.8. The van der Waals surface area contributed by atoms with E-state index in [9.17, 15) is 24.0 Å². The Labute approximate surface area is 283 Å². The van der Waals surface area contributed by atoms with Gasteiger partial charge < -0.3 is 9.47 Å². The number of hydrogen-bond acceptors (Lipinski definition) is 7. The number of carbonyl (C=O) groups excluding carboxylic acids is 5. The molecular weight excluding hydrogens is 592 g/mol. The van der Waals surface area contributed by atoms with Crippen molar-refractivity contribution in [2.75, 3.05) is 0 Å². The Morgan fingerprint density at radius 1 is 0.872 bits per heavy atom. The average molecular weight is 655 g/mol. The number of ketones is 3. The van der Waals surface area contributed by atoms with E-state index in [0.717, 1.165) is 70.6 Å². The first-order chi connectivity index (χ1) is 22.4. The number of ether oxygens (including phenoxy) is 2. The van der Waals surface area contributed by atoms with Crippen LogP contribution in [0.15, 0.2) is 0 Å². The molecule has 5 aliphatic carbocycles. The number of fused-ring (bicyclic) bond motifs is 5. The molecule has 5 aliphatic rings. The number of rotatable bonds is 13. The van der Waals surface area contributed by atoms with Gasteiger partial charge in [0.25, 0.3) is 0 Å². The summed E-state index contributed by atoms with van der Waals surface area (Å²) < 4.78 is 12.0. The van der Waals surface area contributed by atoms with E-state index in [1.54, 1.807) is 0 Å². The van der Waals surface area contributed by atoms with Crippen LogP contribution in [0.4, 0.5) is 0 Å². The summed E-state index contributed by atoms with van der Waals surface area (Å²) in [5.74, 6) is 0.586. The predicted octanol–water partition coefficient (Wildman–Crippen LogP) is 8.53. The summed E-state index contributed by atoms with van der Waals surface area (Å²) in [7, 11) is 0. The molecule has 0 aromatic carbocycles. The molecular formula is C40H62O7. The zero-order valence-corrected chi connectivity index (χ0v) is 30.0. The van der Waals surface area contributed by atoms with Crippen LogP contribution in [0.3, 0.4) is 0 Å².